The molecule has 31 heavy (non-hydrogen) atoms. The van der Waals surface area contributed by atoms with Gasteiger partial charge in [-0.25, -0.2) is 0 Å². The van der Waals surface area contributed by atoms with Crippen LogP contribution in [-0.2, 0) is 13.3 Å². The maximum atomic E-state index is 5.70. The van der Waals surface area contributed by atoms with Crippen molar-refractivity contribution in [2.24, 2.45) is 0 Å². The molecule has 0 N–H and O–H groups in total. The number of rotatable bonds is 11. The molecule has 5 heteroatoms. The summed E-state index contributed by atoms with van der Waals surface area (Å²) < 4.78 is 17.1. The Kier molecular flexibility index (Phi) is 8.17. The molecule has 0 aromatic heterocycles. The molecule has 3 nitrogen and oxygen atoms in total. The number of benzene rings is 3. The zero-order valence-electron chi connectivity index (χ0n) is 18.7. The molecule has 0 fully saturated rings. The van der Waals surface area contributed by atoms with Gasteiger partial charge in [0.05, 0.1) is 0 Å². The van der Waals surface area contributed by atoms with Gasteiger partial charge in [-0.05, 0) is 27.2 Å². The van der Waals surface area contributed by atoms with Crippen LogP contribution in [0, 0.1) is 0 Å². The lowest BCUT2D eigenvalue weighted by Crippen LogP contribution is -2.67. The van der Waals surface area contributed by atoms with Gasteiger partial charge in [-0.1, -0.05) is 104 Å². The molecule has 162 valence electrons. The maximum Gasteiger partial charge on any atom is 0.500 e. The fourth-order valence-corrected chi connectivity index (χ4v) is 11.3. The van der Waals surface area contributed by atoms with E-state index in [0.29, 0.717) is 0 Å². The molecule has 0 unspecified atom stereocenters. The van der Waals surface area contributed by atoms with Gasteiger partial charge >= 0.3 is 8.80 Å². The van der Waals surface area contributed by atoms with Gasteiger partial charge in [0, 0.05) is 27.4 Å². The highest BCUT2D eigenvalue weighted by molar-refractivity contribution is 7.11. The van der Waals surface area contributed by atoms with Crippen LogP contribution < -0.4 is 15.6 Å². The lowest BCUT2D eigenvalue weighted by molar-refractivity contribution is 0.123. The summed E-state index contributed by atoms with van der Waals surface area (Å²) in [7, 11) is 0.158. The minimum absolute atomic E-state index is 0.787. The van der Waals surface area contributed by atoms with Crippen LogP contribution >= 0.6 is 0 Å². The Morgan fingerprint density at radius 3 is 1.52 bits per heavy atom. The van der Waals surface area contributed by atoms with Gasteiger partial charge in [0.1, 0.15) is 8.07 Å². The lowest BCUT2D eigenvalue weighted by Gasteiger charge is -2.35. The highest BCUT2D eigenvalue weighted by Crippen LogP contribution is 2.22. The van der Waals surface area contributed by atoms with Crippen molar-refractivity contribution in [3.63, 3.8) is 0 Å². The normalized spacial score (nSPS) is 12.0. The molecule has 0 heterocycles. The van der Waals surface area contributed by atoms with E-state index in [4.69, 9.17) is 13.3 Å². The number of hydrogen-bond donors (Lipinski definition) is 0. The van der Waals surface area contributed by atoms with Crippen molar-refractivity contribution in [3.05, 3.63) is 97.1 Å². The Morgan fingerprint density at radius 2 is 1.10 bits per heavy atom. The van der Waals surface area contributed by atoms with E-state index in [2.05, 4.69) is 91.5 Å². The molecule has 3 rings (SSSR count). The van der Waals surface area contributed by atoms with Crippen LogP contribution in [0.15, 0.2) is 91.5 Å². The molecule has 0 saturated carbocycles. The molecule has 0 radical (unpaired) electrons. The van der Waals surface area contributed by atoms with Crippen LogP contribution in [0.1, 0.15) is 12.0 Å². The zero-order chi connectivity index (χ0) is 22.2. The van der Waals surface area contributed by atoms with Crippen molar-refractivity contribution in [3.8, 4) is 0 Å². The van der Waals surface area contributed by atoms with E-state index < -0.39 is 16.9 Å². The van der Waals surface area contributed by atoms with Crippen molar-refractivity contribution >= 4 is 38.5 Å². The molecule has 0 spiro atoms. The molecule has 0 atom stereocenters. The molecular formula is C26H32O3Si2. The van der Waals surface area contributed by atoms with Crippen LogP contribution in [0.25, 0.3) is 6.08 Å². The molecule has 0 aliphatic carbocycles. The largest absolute Gasteiger partial charge is 0.500 e. The summed E-state index contributed by atoms with van der Waals surface area (Å²) in [6.07, 6.45) is 2.86. The fraction of sp³-hybridized carbons (Fsp3) is 0.231. The topological polar surface area (TPSA) is 27.7 Å². The molecular weight excluding hydrogens is 416 g/mol. The van der Waals surface area contributed by atoms with Crippen molar-refractivity contribution in [2.75, 3.05) is 21.3 Å². The molecule has 0 aliphatic rings. The standard InChI is InChI=1S/C26H32O3Si2/c1-5-23-17-19-26(20-18-23)30(24-13-8-6-9-14-24,25-15-10-7-11-16-25)21-12-22-31(27-2,28-3)29-4/h5-11,13-20H,1,12,21-22H2,2-4H3. The Hall–Kier alpha value is -2.29. The summed E-state index contributed by atoms with van der Waals surface area (Å²) in [5.74, 6) is 0. The molecule has 3 aromatic rings. The number of hydrogen-bond acceptors (Lipinski definition) is 3. The smallest absolute Gasteiger partial charge is 0.377 e. The Labute approximate surface area is 188 Å². The molecule has 3 aromatic carbocycles. The minimum Gasteiger partial charge on any atom is -0.377 e. The molecule has 0 amide bonds. The van der Waals surface area contributed by atoms with Crippen LogP contribution in [0.2, 0.25) is 12.1 Å². The monoisotopic (exact) mass is 448 g/mol. The highest BCUT2D eigenvalue weighted by Gasteiger charge is 2.42. The van der Waals surface area contributed by atoms with E-state index >= 15 is 0 Å². The molecule has 0 aliphatic heterocycles. The van der Waals surface area contributed by atoms with Gasteiger partial charge in [-0.15, -0.1) is 0 Å². The van der Waals surface area contributed by atoms with Gasteiger partial charge < -0.3 is 13.3 Å². The van der Waals surface area contributed by atoms with Crippen molar-refractivity contribution in [1.29, 1.82) is 0 Å². The summed E-state index contributed by atoms with van der Waals surface area (Å²) >= 11 is 0. The average Bonchev–Trinajstić information content (AvgIpc) is 2.86. The van der Waals surface area contributed by atoms with Gasteiger partial charge in [0.2, 0.25) is 0 Å². The van der Waals surface area contributed by atoms with Crippen molar-refractivity contribution in [2.45, 2.75) is 18.5 Å². The van der Waals surface area contributed by atoms with Gasteiger partial charge in [0.15, 0.2) is 0 Å². The fourth-order valence-electron chi connectivity index (χ4n) is 4.41. The van der Waals surface area contributed by atoms with E-state index in [1.165, 1.54) is 15.6 Å². The van der Waals surface area contributed by atoms with E-state index in [-0.39, 0.29) is 0 Å². The van der Waals surface area contributed by atoms with E-state index in [9.17, 15) is 0 Å². The molecule has 0 saturated heterocycles. The Bertz CT molecular complexity index is 892. The van der Waals surface area contributed by atoms with E-state index in [1.54, 1.807) is 21.3 Å². The molecule has 0 bridgehead atoms. The minimum atomic E-state index is -2.63. The third-order valence-electron chi connectivity index (χ3n) is 6.14. The first-order valence-electron chi connectivity index (χ1n) is 10.6. The van der Waals surface area contributed by atoms with Crippen LogP contribution in [0.5, 0.6) is 0 Å². The predicted octanol–water partition coefficient (Wildman–Crippen LogP) is 4.07. The van der Waals surface area contributed by atoms with Gasteiger partial charge in [-0.3, -0.25) is 0 Å². The average molecular weight is 449 g/mol. The van der Waals surface area contributed by atoms with Crippen molar-refractivity contribution < 1.29 is 13.3 Å². The Balaban J connectivity index is 2.11. The third kappa shape index (κ3) is 4.97. The first-order valence-corrected chi connectivity index (χ1v) is 14.8. The summed E-state index contributed by atoms with van der Waals surface area (Å²) in [6, 6.07) is 32.7. The summed E-state index contributed by atoms with van der Waals surface area (Å²) in [5.41, 5.74) is 1.14. The lowest BCUT2D eigenvalue weighted by atomic mass is 10.2. The van der Waals surface area contributed by atoms with Crippen LogP contribution in [0.4, 0.5) is 0 Å². The maximum absolute atomic E-state index is 5.70. The first kappa shape index (κ1) is 23.4. The highest BCUT2D eigenvalue weighted by atomic mass is 28.4. The second-order valence-electron chi connectivity index (χ2n) is 7.61. The van der Waals surface area contributed by atoms with E-state index in [0.717, 1.165) is 24.1 Å². The quantitative estimate of drug-likeness (QED) is 0.327. The second kappa shape index (κ2) is 10.8. The summed E-state index contributed by atoms with van der Waals surface area (Å²) in [5, 5.41) is 4.22. The summed E-state index contributed by atoms with van der Waals surface area (Å²) in [6.45, 7) is 3.92. The summed E-state index contributed by atoms with van der Waals surface area (Å²) in [4.78, 5) is 0. The van der Waals surface area contributed by atoms with E-state index in [1.807, 2.05) is 6.08 Å². The van der Waals surface area contributed by atoms with Crippen molar-refractivity contribution in [1.82, 2.24) is 0 Å². The van der Waals surface area contributed by atoms with Gasteiger partial charge in [-0.2, -0.15) is 0 Å². The second-order valence-corrected chi connectivity index (χ2v) is 14.7. The first-order chi connectivity index (χ1) is 15.1. The third-order valence-corrected chi connectivity index (χ3v) is 14.0. The van der Waals surface area contributed by atoms with Crippen LogP contribution in [-0.4, -0.2) is 38.2 Å². The van der Waals surface area contributed by atoms with Crippen LogP contribution in [0.3, 0.4) is 0 Å². The van der Waals surface area contributed by atoms with Gasteiger partial charge in [0.25, 0.3) is 0 Å². The predicted molar refractivity (Wildman–Crippen MR) is 135 cm³/mol. The Morgan fingerprint density at radius 1 is 0.645 bits per heavy atom. The SMILES string of the molecule is C=Cc1ccc([Si](CCC[Si](OC)(OC)OC)(c2ccccc2)c2ccccc2)cc1. The zero-order valence-corrected chi connectivity index (χ0v) is 20.7.